The molecule has 0 aromatic heterocycles. The minimum absolute atomic E-state index is 0.156. The van der Waals surface area contributed by atoms with Gasteiger partial charge in [-0.3, -0.25) is 4.79 Å². The minimum atomic E-state index is -0.156. The molecule has 0 bridgehead atoms. The van der Waals surface area contributed by atoms with E-state index in [-0.39, 0.29) is 5.91 Å². The molecule has 1 amide bonds. The highest BCUT2D eigenvalue weighted by Gasteiger charge is 2.10. The van der Waals surface area contributed by atoms with Gasteiger partial charge in [-0.2, -0.15) is 0 Å². The van der Waals surface area contributed by atoms with Crippen molar-refractivity contribution < 1.29 is 9.53 Å². The molecule has 5 heteroatoms. The minimum Gasteiger partial charge on any atom is -0.494 e. The van der Waals surface area contributed by atoms with E-state index in [1.807, 2.05) is 36.4 Å². The highest BCUT2D eigenvalue weighted by atomic mass is 79.9. The van der Waals surface area contributed by atoms with E-state index in [1.54, 1.807) is 6.07 Å². The molecule has 0 aliphatic heterocycles. The first-order valence-electron chi connectivity index (χ1n) is 6.59. The number of benzene rings is 2. The van der Waals surface area contributed by atoms with Gasteiger partial charge in [0.05, 0.1) is 12.2 Å². The maximum atomic E-state index is 12.2. The zero-order chi connectivity index (χ0) is 15.2. The van der Waals surface area contributed by atoms with Crippen molar-refractivity contribution in [3.8, 4) is 5.75 Å². The van der Waals surface area contributed by atoms with Crippen LogP contribution < -0.4 is 10.1 Å². The molecule has 1 N–H and O–H groups in total. The van der Waals surface area contributed by atoms with Crippen molar-refractivity contribution in [1.82, 2.24) is 0 Å². The summed E-state index contributed by atoms with van der Waals surface area (Å²) in [5, 5.41) is 2.86. The van der Waals surface area contributed by atoms with Crippen LogP contribution in [0, 0.1) is 0 Å². The lowest BCUT2D eigenvalue weighted by Crippen LogP contribution is -2.12. The molecular formula is C16H15Br2NO2. The molecule has 0 aliphatic carbocycles. The molecule has 0 saturated heterocycles. The maximum absolute atomic E-state index is 12.2. The number of carbonyl (C=O) groups is 1. The molecule has 0 aliphatic rings. The van der Waals surface area contributed by atoms with Gasteiger partial charge in [-0.25, -0.2) is 0 Å². The van der Waals surface area contributed by atoms with Crippen LogP contribution in [-0.4, -0.2) is 12.5 Å². The number of ether oxygens (including phenoxy) is 1. The second-order valence-corrected chi connectivity index (χ2v) is 6.22. The predicted octanol–water partition coefficient (Wildman–Crippen LogP) is 5.25. The van der Waals surface area contributed by atoms with Crippen molar-refractivity contribution in [2.24, 2.45) is 0 Å². The highest BCUT2D eigenvalue weighted by Crippen LogP contribution is 2.23. The van der Waals surface area contributed by atoms with Crippen molar-refractivity contribution in [3.05, 3.63) is 57.0 Å². The molecule has 0 spiro atoms. The molecule has 0 unspecified atom stereocenters. The zero-order valence-electron chi connectivity index (χ0n) is 11.5. The Labute approximate surface area is 141 Å². The molecule has 0 heterocycles. The summed E-state index contributed by atoms with van der Waals surface area (Å²) in [5.74, 6) is 0.649. The Morgan fingerprint density at radius 2 is 1.86 bits per heavy atom. The van der Waals surface area contributed by atoms with Gasteiger partial charge in [0.25, 0.3) is 5.91 Å². The largest absolute Gasteiger partial charge is 0.494 e. The zero-order valence-corrected chi connectivity index (χ0v) is 14.7. The number of amides is 1. The summed E-state index contributed by atoms with van der Waals surface area (Å²) in [7, 11) is 0. The summed E-state index contributed by atoms with van der Waals surface area (Å²) in [6.45, 7) is 2.75. The first kappa shape index (κ1) is 16.0. The first-order chi connectivity index (χ1) is 10.1. The predicted molar refractivity (Wildman–Crippen MR) is 92.0 cm³/mol. The third-order valence-corrected chi connectivity index (χ3v) is 3.91. The number of halogens is 2. The van der Waals surface area contributed by atoms with Gasteiger partial charge in [-0.05, 0) is 64.8 Å². The van der Waals surface area contributed by atoms with Crippen molar-refractivity contribution in [2.45, 2.75) is 13.3 Å². The van der Waals surface area contributed by atoms with Gasteiger partial charge in [-0.15, -0.1) is 0 Å². The van der Waals surface area contributed by atoms with Gasteiger partial charge in [0, 0.05) is 14.6 Å². The molecular weight excluding hydrogens is 398 g/mol. The number of anilines is 1. The number of nitrogens with one attached hydrogen (secondary N) is 1. The Kier molecular flexibility index (Phi) is 5.82. The van der Waals surface area contributed by atoms with Crippen LogP contribution in [0.15, 0.2) is 51.4 Å². The van der Waals surface area contributed by atoms with Crippen molar-refractivity contribution in [1.29, 1.82) is 0 Å². The Morgan fingerprint density at radius 3 is 2.48 bits per heavy atom. The quantitative estimate of drug-likeness (QED) is 0.727. The van der Waals surface area contributed by atoms with Crippen LogP contribution in [0.3, 0.4) is 0 Å². The fourth-order valence-corrected chi connectivity index (χ4v) is 2.95. The summed E-state index contributed by atoms with van der Waals surface area (Å²) in [6.07, 6.45) is 0.968. The normalized spacial score (nSPS) is 10.2. The van der Waals surface area contributed by atoms with Gasteiger partial charge in [-0.1, -0.05) is 22.9 Å². The van der Waals surface area contributed by atoms with Crippen molar-refractivity contribution in [3.63, 3.8) is 0 Å². The van der Waals surface area contributed by atoms with Gasteiger partial charge in [0.1, 0.15) is 5.75 Å². The summed E-state index contributed by atoms with van der Waals surface area (Å²) in [5.41, 5.74) is 1.32. The third-order valence-electron chi connectivity index (χ3n) is 2.76. The average molecular weight is 413 g/mol. The fraction of sp³-hybridized carbons (Fsp3) is 0.188. The Bertz CT molecular complexity index is 627. The molecule has 21 heavy (non-hydrogen) atoms. The Balaban J connectivity index is 2.05. The lowest BCUT2D eigenvalue weighted by Gasteiger charge is -2.09. The lowest BCUT2D eigenvalue weighted by molar-refractivity contribution is 0.102. The van der Waals surface area contributed by atoms with E-state index in [2.05, 4.69) is 44.1 Å². The second kappa shape index (κ2) is 7.61. The van der Waals surface area contributed by atoms with Crippen LogP contribution in [0.4, 0.5) is 5.69 Å². The van der Waals surface area contributed by atoms with Gasteiger partial charge in [0.15, 0.2) is 0 Å². The Morgan fingerprint density at radius 1 is 1.14 bits per heavy atom. The molecule has 2 aromatic rings. The summed E-state index contributed by atoms with van der Waals surface area (Å²) in [6, 6.07) is 12.8. The number of rotatable bonds is 5. The molecule has 110 valence electrons. The van der Waals surface area contributed by atoms with E-state index in [0.717, 1.165) is 26.8 Å². The molecule has 2 aromatic carbocycles. The van der Waals surface area contributed by atoms with Crippen LogP contribution in [0.25, 0.3) is 0 Å². The maximum Gasteiger partial charge on any atom is 0.256 e. The topological polar surface area (TPSA) is 38.3 Å². The van der Waals surface area contributed by atoms with E-state index in [4.69, 9.17) is 4.74 Å². The van der Waals surface area contributed by atoms with Gasteiger partial charge < -0.3 is 10.1 Å². The third kappa shape index (κ3) is 4.58. The van der Waals surface area contributed by atoms with Crippen LogP contribution in [0.2, 0.25) is 0 Å². The molecule has 3 nitrogen and oxygen atoms in total. The summed E-state index contributed by atoms with van der Waals surface area (Å²) in [4.78, 5) is 12.2. The van der Waals surface area contributed by atoms with E-state index in [9.17, 15) is 4.79 Å². The van der Waals surface area contributed by atoms with E-state index < -0.39 is 0 Å². The van der Waals surface area contributed by atoms with Crippen molar-refractivity contribution >= 4 is 43.5 Å². The summed E-state index contributed by atoms with van der Waals surface area (Å²) >= 11 is 6.76. The van der Waals surface area contributed by atoms with E-state index in [0.29, 0.717) is 12.2 Å². The van der Waals surface area contributed by atoms with E-state index >= 15 is 0 Å². The molecule has 0 atom stereocenters. The van der Waals surface area contributed by atoms with Crippen LogP contribution in [0.1, 0.15) is 23.7 Å². The Hall–Kier alpha value is -1.33. The van der Waals surface area contributed by atoms with Gasteiger partial charge >= 0.3 is 0 Å². The SMILES string of the molecule is CCCOc1ccc(NC(=O)c2ccc(Br)cc2Br)cc1. The second-order valence-electron chi connectivity index (χ2n) is 4.45. The number of carbonyl (C=O) groups excluding carboxylic acids is 1. The molecule has 2 rings (SSSR count). The smallest absolute Gasteiger partial charge is 0.256 e. The molecule has 0 saturated carbocycles. The van der Waals surface area contributed by atoms with Crippen LogP contribution in [-0.2, 0) is 0 Å². The van der Waals surface area contributed by atoms with Crippen LogP contribution >= 0.6 is 31.9 Å². The summed E-state index contributed by atoms with van der Waals surface area (Å²) < 4.78 is 7.17. The van der Waals surface area contributed by atoms with Crippen molar-refractivity contribution in [2.75, 3.05) is 11.9 Å². The first-order valence-corrected chi connectivity index (χ1v) is 8.18. The van der Waals surface area contributed by atoms with Crippen LogP contribution in [0.5, 0.6) is 5.75 Å². The monoisotopic (exact) mass is 411 g/mol. The number of hydrogen-bond donors (Lipinski definition) is 1. The molecule has 0 radical (unpaired) electrons. The lowest BCUT2D eigenvalue weighted by atomic mass is 10.2. The standard InChI is InChI=1S/C16H15Br2NO2/c1-2-9-21-13-6-4-12(5-7-13)19-16(20)14-8-3-11(17)10-15(14)18/h3-8,10H,2,9H2,1H3,(H,19,20). The van der Waals surface area contributed by atoms with Gasteiger partial charge in [0.2, 0.25) is 0 Å². The molecule has 0 fully saturated rings. The average Bonchev–Trinajstić information content (AvgIpc) is 2.46. The highest BCUT2D eigenvalue weighted by molar-refractivity contribution is 9.11. The van der Waals surface area contributed by atoms with E-state index in [1.165, 1.54) is 0 Å². The number of hydrogen-bond acceptors (Lipinski definition) is 2. The fourth-order valence-electron chi connectivity index (χ4n) is 1.73.